The topological polar surface area (TPSA) is 54.5 Å². The molecule has 3 aromatic rings. The minimum Gasteiger partial charge on any atom is -0.302 e. The van der Waals surface area contributed by atoms with Crippen LogP contribution in [0.2, 0.25) is 5.02 Å². The molecular weight excluding hydrogens is 467 g/mol. The molecule has 2 amide bonds. The highest BCUT2D eigenvalue weighted by Gasteiger charge is 2.68. The number of carbonyl (C=O) groups excluding carboxylic acids is 3. The van der Waals surface area contributed by atoms with E-state index in [1.807, 2.05) is 12.1 Å². The van der Waals surface area contributed by atoms with Gasteiger partial charge in [0.2, 0.25) is 11.8 Å². The third-order valence-corrected chi connectivity index (χ3v) is 7.70. The van der Waals surface area contributed by atoms with Gasteiger partial charge in [-0.25, -0.2) is 4.90 Å². The van der Waals surface area contributed by atoms with Gasteiger partial charge in [-0.3, -0.25) is 9.59 Å². The van der Waals surface area contributed by atoms with E-state index in [-0.39, 0.29) is 10.7 Å². The Hall–Kier alpha value is -3.45. The van der Waals surface area contributed by atoms with Gasteiger partial charge in [0.15, 0.2) is 0 Å². The molecule has 0 N–H and O–H groups in total. The van der Waals surface area contributed by atoms with Gasteiger partial charge in [-0.1, -0.05) is 60.1 Å². The summed E-state index contributed by atoms with van der Waals surface area (Å²) in [4.78, 5) is 41.3. The molecule has 1 saturated heterocycles. The van der Waals surface area contributed by atoms with Gasteiger partial charge in [0.05, 0.1) is 33.5 Å². The van der Waals surface area contributed by atoms with E-state index in [1.165, 1.54) is 0 Å². The van der Waals surface area contributed by atoms with Gasteiger partial charge in [-0.15, -0.1) is 0 Å². The molecule has 34 heavy (non-hydrogen) atoms. The van der Waals surface area contributed by atoms with Gasteiger partial charge < -0.3 is 4.79 Å². The number of hydrogen-bond donors (Lipinski definition) is 0. The van der Waals surface area contributed by atoms with Crippen molar-refractivity contribution >= 4 is 35.4 Å². The highest BCUT2D eigenvalue weighted by atomic mass is 35.5. The molecule has 170 valence electrons. The van der Waals surface area contributed by atoms with E-state index < -0.39 is 46.7 Å². The molecule has 1 heterocycles. The Bertz CT molecular complexity index is 1370. The fourth-order valence-electron chi connectivity index (χ4n) is 6.13. The minimum atomic E-state index is -4.69. The number of nitrogens with zero attached hydrogens (tertiary/aromatic N) is 1. The second-order valence-corrected chi connectivity index (χ2v) is 9.23. The molecule has 3 aromatic carbocycles. The summed E-state index contributed by atoms with van der Waals surface area (Å²) in [7, 11) is 0. The van der Waals surface area contributed by atoms with Crippen molar-refractivity contribution in [3.8, 4) is 0 Å². The Morgan fingerprint density at radius 1 is 0.882 bits per heavy atom. The molecule has 0 radical (unpaired) electrons. The lowest BCUT2D eigenvalue weighted by Crippen LogP contribution is -2.54. The molecule has 0 aromatic heterocycles. The Balaban J connectivity index is 1.61. The zero-order chi connectivity index (χ0) is 24.0. The summed E-state index contributed by atoms with van der Waals surface area (Å²) in [6.07, 6.45) is -3.98. The molecule has 4 nitrogen and oxygen atoms in total. The maximum atomic E-state index is 13.8. The number of alkyl halides is 3. The van der Waals surface area contributed by atoms with Crippen LogP contribution >= 0.6 is 11.6 Å². The molecule has 0 spiro atoms. The standard InChI is InChI=1S/C26H15ClF3NO3/c27-18-10-9-13(26(28,29)30)11-19(18)31-23(33)21-20-14-5-1-3-7-16(14)25(12-32,22(21)24(31)34)17-8-4-2-6-15(17)20/h1-12,20-22H/t20?,21-,22-,25?/m0/s1. The Kier molecular flexibility index (Phi) is 4.22. The smallest absolute Gasteiger partial charge is 0.302 e. The number of halogens is 4. The molecule has 7 rings (SSSR count). The van der Waals surface area contributed by atoms with Crippen molar-refractivity contribution in [2.24, 2.45) is 11.8 Å². The molecule has 8 heteroatoms. The molecule has 4 aliphatic rings. The average molecular weight is 482 g/mol. The maximum absolute atomic E-state index is 13.8. The van der Waals surface area contributed by atoms with E-state index in [0.717, 1.165) is 28.2 Å². The second-order valence-electron chi connectivity index (χ2n) is 8.82. The van der Waals surface area contributed by atoms with Crippen LogP contribution in [0.3, 0.4) is 0 Å². The summed E-state index contributed by atoms with van der Waals surface area (Å²) >= 11 is 6.21. The molecular formula is C26H15ClF3NO3. The number of rotatable bonds is 2. The molecule has 2 bridgehead atoms. The van der Waals surface area contributed by atoms with Crippen LogP contribution in [0.5, 0.6) is 0 Å². The largest absolute Gasteiger partial charge is 0.416 e. The minimum absolute atomic E-state index is 0.157. The number of aldehydes is 1. The van der Waals surface area contributed by atoms with Crippen molar-refractivity contribution in [1.82, 2.24) is 0 Å². The fraction of sp³-hybridized carbons (Fsp3) is 0.192. The lowest BCUT2D eigenvalue weighted by atomic mass is 9.48. The highest BCUT2D eigenvalue weighted by molar-refractivity contribution is 6.36. The predicted molar refractivity (Wildman–Crippen MR) is 117 cm³/mol. The molecule has 0 saturated carbocycles. The van der Waals surface area contributed by atoms with E-state index in [1.54, 1.807) is 36.4 Å². The van der Waals surface area contributed by atoms with Crippen LogP contribution < -0.4 is 4.90 Å². The van der Waals surface area contributed by atoms with Crippen molar-refractivity contribution in [3.05, 3.63) is 99.6 Å². The van der Waals surface area contributed by atoms with Crippen LogP contribution in [-0.2, 0) is 26.0 Å². The maximum Gasteiger partial charge on any atom is 0.416 e. The lowest BCUT2D eigenvalue weighted by Gasteiger charge is -2.51. The van der Waals surface area contributed by atoms with Gasteiger partial charge in [-0.05, 0) is 40.5 Å². The van der Waals surface area contributed by atoms with Gasteiger partial charge in [0.25, 0.3) is 0 Å². The van der Waals surface area contributed by atoms with E-state index in [4.69, 9.17) is 11.6 Å². The van der Waals surface area contributed by atoms with Crippen molar-refractivity contribution < 1.29 is 27.6 Å². The summed E-state index contributed by atoms with van der Waals surface area (Å²) in [5.74, 6) is -3.91. The summed E-state index contributed by atoms with van der Waals surface area (Å²) in [6.45, 7) is 0. The lowest BCUT2D eigenvalue weighted by molar-refractivity contribution is -0.137. The van der Waals surface area contributed by atoms with Crippen molar-refractivity contribution in [3.63, 3.8) is 0 Å². The zero-order valence-electron chi connectivity index (χ0n) is 17.3. The predicted octanol–water partition coefficient (Wildman–Crippen LogP) is 5.11. The van der Waals surface area contributed by atoms with Crippen LogP contribution in [0.25, 0.3) is 0 Å². The first-order valence-electron chi connectivity index (χ1n) is 10.6. The zero-order valence-corrected chi connectivity index (χ0v) is 18.1. The second kappa shape index (κ2) is 6.79. The number of anilines is 1. The van der Waals surface area contributed by atoms with Gasteiger partial charge in [0, 0.05) is 5.92 Å². The van der Waals surface area contributed by atoms with Crippen LogP contribution in [0.4, 0.5) is 18.9 Å². The van der Waals surface area contributed by atoms with E-state index in [0.29, 0.717) is 23.5 Å². The van der Waals surface area contributed by atoms with Gasteiger partial charge >= 0.3 is 6.18 Å². The molecule has 1 fully saturated rings. The Morgan fingerprint density at radius 3 is 2.03 bits per heavy atom. The number of hydrogen-bond acceptors (Lipinski definition) is 3. The molecule has 1 aliphatic heterocycles. The SMILES string of the molecule is O=CC12c3ccccc3C(c3ccccc31)[C@@H]1C(=O)N(c3cc(C(F)(F)F)ccc3Cl)C(=O)[C@H]12. The molecule has 2 atom stereocenters. The molecule has 0 unspecified atom stereocenters. The van der Waals surface area contributed by atoms with E-state index in [2.05, 4.69) is 0 Å². The van der Waals surface area contributed by atoms with Crippen LogP contribution in [0.15, 0.2) is 66.7 Å². The summed E-state index contributed by atoms with van der Waals surface area (Å²) in [6, 6.07) is 16.9. The van der Waals surface area contributed by atoms with Crippen LogP contribution in [0.1, 0.15) is 33.7 Å². The average Bonchev–Trinajstić information content (AvgIpc) is 3.09. The van der Waals surface area contributed by atoms with E-state index in [9.17, 15) is 27.6 Å². The van der Waals surface area contributed by atoms with E-state index >= 15 is 0 Å². The number of amides is 2. The highest BCUT2D eigenvalue weighted by Crippen LogP contribution is 2.63. The fourth-order valence-corrected chi connectivity index (χ4v) is 6.33. The summed E-state index contributed by atoms with van der Waals surface area (Å²) in [5, 5.41) is -0.157. The monoisotopic (exact) mass is 481 g/mol. The number of carbonyl (C=O) groups is 3. The Morgan fingerprint density at radius 2 is 1.47 bits per heavy atom. The normalized spacial score (nSPS) is 26.8. The summed E-state index contributed by atoms with van der Waals surface area (Å²) in [5.41, 5.74) is 0.0559. The number of imide groups is 1. The van der Waals surface area contributed by atoms with Gasteiger partial charge in [-0.2, -0.15) is 13.2 Å². The first kappa shape index (κ1) is 21.1. The summed E-state index contributed by atoms with van der Waals surface area (Å²) < 4.78 is 40.2. The quantitative estimate of drug-likeness (QED) is 0.377. The third-order valence-electron chi connectivity index (χ3n) is 7.38. The van der Waals surface area contributed by atoms with Crippen molar-refractivity contribution in [2.75, 3.05) is 4.90 Å². The molecule has 3 aliphatic carbocycles. The van der Waals surface area contributed by atoms with Crippen LogP contribution in [0, 0.1) is 11.8 Å². The number of benzene rings is 3. The van der Waals surface area contributed by atoms with Crippen molar-refractivity contribution in [1.29, 1.82) is 0 Å². The third kappa shape index (κ3) is 2.42. The van der Waals surface area contributed by atoms with Crippen molar-refractivity contribution in [2.45, 2.75) is 17.5 Å². The first-order chi connectivity index (χ1) is 16.2. The van der Waals surface area contributed by atoms with Crippen LogP contribution in [-0.4, -0.2) is 18.1 Å². The first-order valence-corrected chi connectivity index (χ1v) is 11.0. The Labute approximate surface area is 196 Å². The van der Waals surface area contributed by atoms with Gasteiger partial charge in [0.1, 0.15) is 6.29 Å².